The van der Waals surface area contributed by atoms with E-state index in [9.17, 15) is 14.7 Å². The number of halogens is 1. The highest BCUT2D eigenvalue weighted by Gasteiger charge is 2.22. The minimum absolute atomic E-state index is 0.00758. The molecule has 3 rings (SSSR count). The van der Waals surface area contributed by atoms with Crippen molar-refractivity contribution in [3.8, 4) is 0 Å². The Morgan fingerprint density at radius 1 is 1.16 bits per heavy atom. The zero-order valence-electron chi connectivity index (χ0n) is 16.6. The number of benzene rings is 2. The topological polar surface area (TPSA) is 95.1 Å². The molecule has 3 N–H and O–H groups in total. The summed E-state index contributed by atoms with van der Waals surface area (Å²) in [6, 6.07) is 15.7. The lowest BCUT2D eigenvalue weighted by molar-refractivity contribution is -0.139. The van der Waals surface area contributed by atoms with Gasteiger partial charge < -0.3 is 15.4 Å². The van der Waals surface area contributed by atoms with Crippen molar-refractivity contribution >= 4 is 35.2 Å². The SMILES string of the molecule is C=CC(Cc1ccccc1Cl)Sc1ncc(C(=O)N[C@@H](Cc2ccccc2)C(=O)O)[nH]1. The van der Waals surface area contributed by atoms with Crippen LogP contribution in [0, 0.1) is 0 Å². The summed E-state index contributed by atoms with van der Waals surface area (Å²) in [5.74, 6) is -1.62. The summed E-state index contributed by atoms with van der Waals surface area (Å²) < 4.78 is 0. The number of aromatic nitrogens is 2. The number of aromatic amines is 1. The van der Waals surface area contributed by atoms with Crippen molar-refractivity contribution in [1.82, 2.24) is 15.3 Å². The summed E-state index contributed by atoms with van der Waals surface area (Å²) in [5, 5.41) is 13.3. The predicted octanol–water partition coefficient (Wildman–Crippen LogP) is 4.38. The Hall–Kier alpha value is -3.03. The fourth-order valence-electron chi connectivity index (χ4n) is 2.96. The third-order valence-electron chi connectivity index (χ3n) is 4.59. The average Bonchev–Trinajstić information content (AvgIpc) is 3.23. The number of nitrogens with zero attached hydrogens (tertiary/aromatic N) is 1. The van der Waals surface area contributed by atoms with Gasteiger partial charge in [0.2, 0.25) is 0 Å². The predicted molar refractivity (Wildman–Crippen MR) is 123 cm³/mol. The Kier molecular flexibility index (Phi) is 7.92. The van der Waals surface area contributed by atoms with E-state index in [0.29, 0.717) is 16.6 Å². The minimum Gasteiger partial charge on any atom is -0.480 e. The van der Waals surface area contributed by atoms with Crippen molar-refractivity contribution < 1.29 is 14.7 Å². The van der Waals surface area contributed by atoms with Crippen LogP contribution in [0.2, 0.25) is 5.02 Å². The standard InChI is InChI=1S/C23H22ClN3O3S/c1-2-17(13-16-10-6-7-11-18(16)24)31-23-25-14-20(27-23)21(28)26-19(22(29)30)12-15-8-4-3-5-9-15/h2-11,14,17,19H,1,12-13H2,(H,25,27)(H,26,28)(H,29,30)/t17?,19-/m0/s1. The number of nitrogens with one attached hydrogen (secondary N) is 2. The number of carbonyl (C=O) groups excluding carboxylic acids is 1. The molecule has 0 spiro atoms. The van der Waals surface area contributed by atoms with Crippen molar-refractivity contribution in [2.75, 3.05) is 0 Å². The van der Waals surface area contributed by atoms with Crippen molar-refractivity contribution in [1.29, 1.82) is 0 Å². The smallest absolute Gasteiger partial charge is 0.326 e. The summed E-state index contributed by atoms with van der Waals surface area (Å²) in [6.45, 7) is 3.87. The van der Waals surface area contributed by atoms with Crippen LogP contribution in [0.4, 0.5) is 0 Å². The summed E-state index contributed by atoms with van der Waals surface area (Å²) in [4.78, 5) is 31.4. The number of H-pyrrole nitrogens is 1. The molecule has 8 heteroatoms. The molecule has 0 fully saturated rings. The fraction of sp³-hybridized carbons (Fsp3) is 0.174. The maximum atomic E-state index is 12.6. The molecular formula is C23H22ClN3O3S. The first-order chi connectivity index (χ1) is 15.0. The second-order valence-electron chi connectivity index (χ2n) is 6.84. The Labute approximate surface area is 189 Å². The number of thioether (sulfide) groups is 1. The van der Waals surface area contributed by atoms with Crippen molar-refractivity contribution in [3.05, 3.63) is 95.3 Å². The molecule has 0 aliphatic rings. The number of carboxylic acids is 1. The lowest BCUT2D eigenvalue weighted by atomic mass is 10.1. The number of hydrogen-bond acceptors (Lipinski definition) is 4. The number of carbonyl (C=O) groups is 2. The van der Waals surface area contributed by atoms with Crippen LogP contribution in [0.25, 0.3) is 0 Å². The number of rotatable bonds is 10. The second kappa shape index (κ2) is 10.8. The van der Waals surface area contributed by atoms with Gasteiger partial charge in [0.25, 0.3) is 5.91 Å². The van der Waals surface area contributed by atoms with Gasteiger partial charge in [0.15, 0.2) is 5.16 Å². The van der Waals surface area contributed by atoms with E-state index in [1.165, 1.54) is 18.0 Å². The number of aliphatic carboxylic acids is 1. The quantitative estimate of drug-likeness (QED) is 0.311. The van der Waals surface area contributed by atoms with Crippen LogP contribution < -0.4 is 5.32 Å². The van der Waals surface area contributed by atoms with Gasteiger partial charge in [0, 0.05) is 16.7 Å². The molecule has 1 aromatic heterocycles. The molecule has 2 aromatic carbocycles. The van der Waals surface area contributed by atoms with Gasteiger partial charge in [-0.15, -0.1) is 6.58 Å². The lowest BCUT2D eigenvalue weighted by Crippen LogP contribution is -2.42. The molecule has 0 aliphatic carbocycles. The first-order valence-electron chi connectivity index (χ1n) is 9.61. The Morgan fingerprint density at radius 3 is 2.55 bits per heavy atom. The largest absolute Gasteiger partial charge is 0.480 e. The minimum atomic E-state index is -1.10. The maximum Gasteiger partial charge on any atom is 0.326 e. The van der Waals surface area contributed by atoms with Crippen molar-refractivity contribution in [2.45, 2.75) is 29.3 Å². The first kappa shape index (κ1) is 22.7. The summed E-state index contributed by atoms with van der Waals surface area (Å²) in [6.07, 6.45) is 4.05. The van der Waals surface area contributed by atoms with E-state index in [4.69, 9.17) is 11.6 Å². The molecule has 3 aromatic rings. The van der Waals surface area contributed by atoms with E-state index in [1.807, 2.05) is 54.6 Å². The maximum absolute atomic E-state index is 12.6. The van der Waals surface area contributed by atoms with E-state index in [2.05, 4.69) is 21.9 Å². The van der Waals surface area contributed by atoms with Gasteiger partial charge >= 0.3 is 5.97 Å². The van der Waals surface area contributed by atoms with E-state index < -0.39 is 17.9 Å². The van der Waals surface area contributed by atoms with Crippen LogP contribution in [0.3, 0.4) is 0 Å². The van der Waals surface area contributed by atoms with Crippen LogP contribution in [0.5, 0.6) is 0 Å². The summed E-state index contributed by atoms with van der Waals surface area (Å²) >= 11 is 7.66. The summed E-state index contributed by atoms with van der Waals surface area (Å²) in [5.41, 5.74) is 2.02. The fourth-order valence-corrected chi connectivity index (χ4v) is 4.10. The summed E-state index contributed by atoms with van der Waals surface area (Å²) in [7, 11) is 0. The van der Waals surface area contributed by atoms with E-state index in [-0.39, 0.29) is 17.4 Å². The molecule has 0 saturated heterocycles. The van der Waals surface area contributed by atoms with Gasteiger partial charge in [-0.1, -0.05) is 78.0 Å². The molecule has 1 unspecified atom stereocenters. The number of imidazole rings is 1. The zero-order chi connectivity index (χ0) is 22.2. The molecular weight excluding hydrogens is 434 g/mol. The monoisotopic (exact) mass is 455 g/mol. The normalized spacial score (nSPS) is 12.7. The van der Waals surface area contributed by atoms with Gasteiger partial charge in [-0.25, -0.2) is 9.78 Å². The number of amides is 1. The van der Waals surface area contributed by atoms with E-state index >= 15 is 0 Å². The van der Waals surface area contributed by atoms with Crippen LogP contribution in [-0.4, -0.2) is 38.2 Å². The molecule has 1 amide bonds. The highest BCUT2D eigenvalue weighted by atomic mass is 35.5. The second-order valence-corrected chi connectivity index (χ2v) is 8.48. The van der Waals surface area contributed by atoms with Crippen molar-refractivity contribution in [2.24, 2.45) is 0 Å². The molecule has 0 aliphatic heterocycles. The molecule has 6 nitrogen and oxygen atoms in total. The van der Waals surface area contributed by atoms with Crippen LogP contribution in [-0.2, 0) is 17.6 Å². The highest BCUT2D eigenvalue weighted by Crippen LogP contribution is 2.27. The van der Waals surface area contributed by atoms with Gasteiger partial charge in [0.05, 0.1) is 6.20 Å². The van der Waals surface area contributed by atoms with Gasteiger partial charge in [-0.05, 0) is 23.6 Å². The Bertz CT molecular complexity index is 1050. The van der Waals surface area contributed by atoms with Crippen LogP contribution in [0.15, 0.2) is 78.6 Å². The zero-order valence-corrected chi connectivity index (χ0v) is 18.2. The van der Waals surface area contributed by atoms with Gasteiger partial charge in [0.1, 0.15) is 11.7 Å². The Balaban J connectivity index is 1.63. The molecule has 0 radical (unpaired) electrons. The molecule has 1 heterocycles. The average molecular weight is 456 g/mol. The number of hydrogen-bond donors (Lipinski definition) is 3. The van der Waals surface area contributed by atoms with E-state index in [1.54, 1.807) is 6.08 Å². The Morgan fingerprint density at radius 2 is 1.87 bits per heavy atom. The molecule has 160 valence electrons. The third-order valence-corrected chi connectivity index (χ3v) is 6.05. The lowest BCUT2D eigenvalue weighted by Gasteiger charge is -2.14. The third kappa shape index (κ3) is 6.47. The highest BCUT2D eigenvalue weighted by molar-refractivity contribution is 7.99. The molecule has 2 atom stereocenters. The molecule has 0 bridgehead atoms. The molecule has 31 heavy (non-hydrogen) atoms. The molecule has 0 saturated carbocycles. The van der Waals surface area contributed by atoms with Crippen molar-refractivity contribution in [3.63, 3.8) is 0 Å². The van der Waals surface area contributed by atoms with Gasteiger partial charge in [-0.2, -0.15) is 0 Å². The first-order valence-corrected chi connectivity index (χ1v) is 10.9. The van der Waals surface area contributed by atoms with E-state index in [0.717, 1.165) is 11.1 Å². The van der Waals surface area contributed by atoms with Crippen LogP contribution in [0.1, 0.15) is 21.6 Å². The van der Waals surface area contributed by atoms with Crippen LogP contribution >= 0.6 is 23.4 Å². The number of carboxylic acid groups (broad SMARTS) is 1. The van der Waals surface area contributed by atoms with Gasteiger partial charge in [-0.3, -0.25) is 4.79 Å².